The average molecular weight is 214 g/mol. The van der Waals surface area contributed by atoms with Crippen LogP contribution in [-0.4, -0.2) is 10.2 Å². The van der Waals surface area contributed by atoms with E-state index in [1.54, 1.807) is 12.1 Å². The van der Waals surface area contributed by atoms with Crippen LogP contribution in [0.25, 0.3) is 0 Å². The van der Waals surface area contributed by atoms with Crippen LogP contribution in [0.4, 0.5) is 0 Å². The Morgan fingerprint density at radius 2 is 1.62 bits per heavy atom. The van der Waals surface area contributed by atoms with Crippen LogP contribution < -0.4 is 0 Å². The van der Waals surface area contributed by atoms with Crippen molar-refractivity contribution in [3.05, 3.63) is 59.2 Å². The van der Waals surface area contributed by atoms with Gasteiger partial charge in [-0.15, -0.1) is 0 Å². The summed E-state index contributed by atoms with van der Waals surface area (Å²) in [5.74, 6) is 0.618. The van der Waals surface area contributed by atoms with Crippen molar-refractivity contribution in [2.24, 2.45) is 0 Å². The van der Waals surface area contributed by atoms with Gasteiger partial charge < -0.3 is 10.2 Å². The molecule has 0 radical (unpaired) electrons. The van der Waals surface area contributed by atoms with E-state index in [1.165, 1.54) is 0 Å². The Balaban J connectivity index is 2.27. The van der Waals surface area contributed by atoms with E-state index in [0.29, 0.717) is 12.2 Å². The number of hydrogen-bond acceptors (Lipinski definition) is 2. The van der Waals surface area contributed by atoms with Crippen molar-refractivity contribution in [1.82, 2.24) is 0 Å². The first kappa shape index (κ1) is 10.6. The van der Waals surface area contributed by atoms with E-state index >= 15 is 0 Å². The van der Waals surface area contributed by atoms with Crippen LogP contribution in [0.1, 0.15) is 16.7 Å². The number of hydrogen-bond donors (Lipinski definition) is 2. The van der Waals surface area contributed by atoms with Crippen LogP contribution in [0.15, 0.2) is 42.5 Å². The standard InChI is InChI=1S/C14H14O2/c1-10-3-2-4-12(14(10)16)9-11-5-7-13(15)8-6-11/h2-8,15-16H,9H2,1H3. The normalized spacial score (nSPS) is 10.3. The maximum atomic E-state index is 9.86. The molecular weight excluding hydrogens is 200 g/mol. The molecule has 2 rings (SSSR count). The molecule has 0 saturated carbocycles. The molecule has 16 heavy (non-hydrogen) atoms. The summed E-state index contributed by atoms with van der Waals surface area (Å²) in [5, 5.41) is 19.0. The monoisotopic (exact) mass is 214 g/mol. The zero-order valence-corrected chi connectivity index (χ0v) is 9.14. The molecule has 0 aliphatic rings. The Kier molecular flexibility index (Phi) is 2.82. The minimum absolute atomic E-state index is 0.261. The van der Waals surface area contributed by atoms with E-state index in [-0.39, 0.29) is 5.75 Å². The maximum absolute atomic E-state index is 9.86. The van der Waals surface area contributed by atoms with E-state index in [0.717, 1.165) is 16.7 Å². The van der Waals surface area contributed by atoms with Crippen molar-refractivity contribution in [2.45, 2.75) is 13.3 Å². The van der Waals surface area contributed by atoms with Crippen molar-refractivity contribution in [2.75, 3.05) is 0 Å². The Morgan fingerprint density at radius 3 is 2.31 bits per heavy atom. The molecule has 0 amide bonds. The Bertz CT molecular complexity index is 487. The quantitative estimate of drug-likeness (QED) is 0.806. The van der Waals surface area contributed by atoms with Gasteiger partial charge in [-0.2, -0.15) is 0 Å². The first-order valence-electron chi connectivity index (χ1n) is 5.22. The molecule has 2 N–H and O–H groups in total. The molecule has 0 unspecified atom stereocenters. The molecule has 0 saturated heterocycles. The van der Waals surface area contributed by atoms with E-state index in [9.17, 15) is 10.2 Å². The van der Waals surface area contributed by atoms with E-state index < -0.39 is 0 Å². The van der Waals surface area contributed by atoms with Gasteiger partial charge in [-0.3, -0.25) is 0 Å². The topological polar surface area (TPSA) is 40.5 Å². The lowest BCUT2D eigenvalue weighted by Gasteiger charge is -2.07. The van der Waals surface area contributed by atoms with E-state index in [2.05, 4.69) is 0 Å². The highest BCUT2D eigenvalue weighted by Gasteiger charge is 2.04. The molecule has 0 spiro atoms. The summed E-state index contributed by atoms with van der Waals surface area (Å²) < 4.78 is 0. The second-order valence-corrected chi connectivity index (χ2v) is 3.93. The molecule has 0 fully saturated rings. The van der Waals surface area contributed by atoms with Gasteiger partial charge in [0, 0.05) is 6.42 Å². The summed E-state index contributed by atoms with van der Waals surface area (Å²) in [6.45, 7) is 1.88. The summed E-state index contributed by atoms with van der Waals surface area (Å²) in [6.07, 6.45) is 0.674. The van der Waals surface area contributed by atoms with Gasteiger partial charge in [0.2, 0.25) is 0 Å². The van der Waals surface area contributed by atoms with Gasteiger partial charge in [-0.25, -0.2) is 0 Å². The molecule has 0 aliphatic heterocycles. The average Bonchev–Trinajstić information content (AvgIpc) is 2.28. The molecule has 2 heteroatoms. The van der Waals surface area contributed by atoms with Crippen LogP contribution in [-0.2, 0) is 6.42 Å². The summed E-state index contributed by atoms with van der Waals surface area (Å²) in [4.78, 5) is 0. The highest BCUT2D eigenvalue weighted by Crippen LogP contribution is 2.24. The molecule has 2 aromatic carbocycles. The third-order valence-electron chi connectivity index (χ3n) is 2.65. The molecule has 0 aromatic heterocycles. The second-order valence-electron chi connectivity index (χ2n) is 3.93. The zero-order valence-electron chi connectivity index (χ0n) is 9.14. The van der Waals surface area contributed by atoms with Crippen LogP contribution >= 0.6 is 0 Å². The van der Waals surface area contributed by atoms with Crippen molar-refractivity contribution in [3.8, 4) is 11.5 Å². The molecule has 0 heterocycles. The smallest absolute Gasteiger partial charge is 0.122 e. The number of rotatable bonds is 2. The Labute approximate surface area is 94.8 Å². The Morgan fingerprint density at radius 1 is 0.938 bits per heavy atom. The van der Waals surface area contributed by atoms with Crippen LogP contribution in [0, 0.1) is 6.92 Å². The summed E-state index contributed by atoms with van der Waals surface area (Å²) in [6, 6.07) is 12.8. The van der Waals surface area contributed by atoms with Crippen molar-refractivity contribution in [3.63, 3.8) is 0 Å². The summed E-state index contributed by atoms with van der Waals surface area (Å²) >= 11 is 0. The molecule has 0 aliphatic carbocycles. The molecule has 0 atom stereocenters. The van der Waals surface area contributed by atoms with Crippen molar-refractivity contribution < 1.29 is 10.2 Å². The summed E-state index contributed by atoms with van der Waals surface area (Å²) in [5.41, 5.74) is 2.86. The minimum Gasteiger partial charge on any atom is -0.508 e. The lowest BCUT2D eigenvalue weighted by Crippen LogP contribution is -1.89. The van der Waals surface area contributed by atoms with E-state index in [1.807, 2.05) is 37.3 Å². The molecule has 82 valence electrons. The SMILES string of the molecule is Cc1cccc(Cc2ccc(O)cc2)c1O. The number of aryl methyl sites for hydroxylation is 1. The van der Waals surface area contributed by atoms with Gasteiger partial charge in [0.1, 0.15) is 11.5 Å². The molecular formula is C14H14O2. The molecule has 2 aromatic rings. The van der Waals surface area contributed by atoms with Gasteiger partial charge in [0.05, 0.1) is 0 Å². The number of phenolic OH excluding ortho intramolecular Hbond substituents is 2. The lowest BCUT2D eigenvalue weighted by molar-refractivity contribution is 0.465. The first-order valence-corrected chi connectivity index (χ1v) is 5.22. The minimum atomic E-state index is 0.261. The summed E-state index contributed by atoms with van der Waals surface area (Å²) in [7, 11) is 0. The number of aromatic hydroxyl groups is 2. The van der Waals surface area contributed by atoms with Crippen LogP contribution in [0.3, 0.4) is 0 Å². The third kappa shape index (κ3) is 2.16. The maximum Gasteiger partial charge on any atom is 0.122 e. The Hall–Kier alpha value is -1.96. The van der Waals surface area contributed by atoms with Gasteiger partial charge in [0.15, 0.2) is 0 Å². The third-order valence-corrected chi connectivity index (χ3v) is 2.65. The predicted molar refractivity (Wildman–Crippen MR) is 63.8 cm³/mol. The van der Waals surface area contributed by atoms with Gasteiger partial charge in [-0.1, -0.05) is 30.3 Å². The highest BCUT2D eigenvalue weighted by molar-refractivity contribution is 5.42. The second kappa shape index (κ2) is 4.27. The van der Waals surface area contributed by atoms with Gasteiger partial charge in [0.25, 0.3) is 0 Å². The van der Waals surface area contributed by atoms with Gasteiger partial charge >= 0.3 is 0 Å². The predicted octanol–water partition coefficient (Wildman–Crippen LogP) is 3.00. The van der Waals surface area contributed by atoms with Crippen molar-refractivity contribution in [1.29, 1.82) is 0 Å². The first-order chi connectivity index (χ1) is 7.66. The zero-order chi connectivity index (χ0) is 11.5. The fraction of sp³-hybridized carbons (Fsp3) is 0.143. The van der Waals surface area contributed by atoms with Crippen LogP contribution in [0.5, 0.6) is 11.5 Å². The largest absolute Gasteiger partial charge is 0.508 e. The lowest BCUT2D eigenvalue weighted by atomic mass is 10.0. The van der Waals surface area contributed by atoms with Crippen LogP contribution in [0.2, 0.25) is 0 Å². The highest BCUT2D eigenvalue weighted by atomic mass is 16.3. The molecule has 2 nitrogen and oxygen atoms in total. The number of para-hydroxylation sites is 1. The number of phenols is 2. The van der Waals surface area contributed by atoms with E-state index in [4.69, 9.17) is 0 Å². The fourth-order valence-electron chi connectivity index (χ4n) is 1.70. The van der Waals surface area contributed by atoms with Crippen molar-refractivity contribution >= 4 is 0 Å². The molecule has 0 bridgehead atoms. The fourth-order valence-corrected chi connectivity index (χ4v) is 1.70. The number of benzene rings is 2. The van der Waals surface area contributed by atoms with Gasteiger partial charge in [-0.05, 0) is 35.7 Å².